The van der Waals surface area contributed by atoms with Crippen LogP contribution in [0.4, 0.5) is 0 Å². The first-order valence-corrected chi connectivity index (χ1v) is 8.11. The van der Waals surface area contributed by atoms with Gasteiger partial charge in [-0.25, -0.2) is 9.78 Å². The molecule has 118 valence electrons. The van der Waals surface area contributed by atoms with Gasteiger partial charge < -0.3 is 5.11 Å². The van der Waals surface area contributed by atoms with Crippen molar-refractivity contribution in [1.29, 1.82) is 0 Å². The summed E-state index contributed by atoms with van der Waals surface area (Å²) in [6.07, 6.45) is 1.41. The van der Waals surface area contributed by atoms with Crippen LogP contribution in [0.25, 0.3) is 10.2 Å². The van der Waals surface area contributed by atoms with Crippen LogP contribution < -0.4 is 5.56 Å². The molecule has 1 N–H and O–H groups in total. The summed E-state index contributed by atoms with van der Waals surface area (Å²) in [5.74, 6) is -1.05. The summed E-state index contributed by atoms with van der Waals surface area (Å²) in [5, 5.41) is 10.4. The summed E-state index contributed by atoms with van der Waals surface area (Å²) in [6, 6.07) is 5.12. The number of aromatic carboxylic acids is 1. The van der Waals surface area contributed by atoms with Gasteiger partial charge in [-0.15, -0.1) is 11.3 Å². The average molecular weight is 369 g/mol. The van der Waals surface area contributed by atoms with Crippen molar-refractivity contribution in [3.63, 3.8) is 0 Å². The van der Waals surface area contributed by atoms with Crippen LogP contribution in [0.1, 0.15) is 20.8 Å². The maximum atomic E-state index is 12.6. The molecule has 0 fully saturated rings. The highest BCUT2D eigenvalue weighted by molar-refractivity contribution is 7.20. The van der Waals surface area contributed by atoms with Gasteiger partial charge >= 0.3 is 5.97 Å². The monoisotopic (exact) mass is 368 g/mol. The van der Waals surface area contributed by atoms with E-state index in [1.807, 2.05) is 0 Å². The Labute approximate surface area is 144 Å². The van der Waals surface area contributed by atoms with Crippen molar-refractivity contribution in [3.8, 4) is 0 Å². The van der Waals surface area contributed by atoms with Crippen LogP contribution in [-0.4, -0.2) is 20.6 Å². The summed E-state index contributed by atoms with van der Waals surface area (Å²) >= 11 is 12.9. The fraction of sp³-hybridized carbons (Fsp3) is 0.133. The van der Waals surface area contributed by atoms with Crippen LogP contribution in [0.15, 0.2) is 29.3 Å². The lowest BCUT2D eigenvalue weighted by molar-refractivity contribution is 0.0701. The summed E-state index contributed by atoms with van der Waals surface area (Å²) in [6.45, 7) is 1.89. The van der Waals surface area contributed by atoms with E-state index in [0.717, 1.165) is 16.9 Å². The maximum absolute atomic E-state index is 12.6. The summed E-state index contributed by atoms with van der Waals surface area (Å²) in [7, 11) is 0. The first-order valence-electron chi connectivity index (χ1n) is 6.54. The normalized spacial score (nSPS) is 11.1. The van der Waals surface area contributed by atoms with Crippen molar-refractivity contribution in [3.05, 3.63) is 60.9 Å². The lowest BCUT2D eigenvalue weighted by Crippen LogP contribution is -2.21. The van der Waals surface area contributed by atoms with Crippen LogP contribution in [0.5, 0.6) is 0 Å². The van der Waals surface area contributed by atoms with Gasteiger partial charge in [0, 0.05) is 0 Å². The number of carboxylic acid groups (broad SMARTS) is 1. The lowest BCUT2D eigenvalue weighted by Gasteiger charge is -2.07. The Bertz CT molecular complexity index is 994. The van der Waals surface area contributed by atoms with Crippen LogP contribution >= 0.6 is 34.5 Å². The number of hydrogen-bond acceptors (Lipinski definition) is 4. The second-order valence-electron chi connectivity index (χ2n) is 4.97. The van der Waals surface area contributed by atoms with E-state index < -0.39 is 5.97 Å². The molecule has 3 rings (SSSR count). The molecule has 0 spiro atoms. The summed E-state index contributed by atoms with van der Waals surface area (Å²) < 4.78 is 1.42. The number of rotatable bonds is 3. The third-order valence-corrected chi connectivity index (χ3v) is 5.38. The molecule has 3 aromatic rings. The number of fused-ring (bicyclic) bond motifs is 1. The molecule has 0 aliphatic carbocycles. The average Bonchev–Trinajstić information content (AvgIpc) is 2.84. The first-order chi connectivity index (χ1) is 10.9. The van der Waals surface area contributed by atoms with E-state index in [-0.39, 0.29) is 17.0 Å². The van der Waals surface area contributed by atoms with Gasteiger partial charge in [-0.3, -0.25) is 9.36 Å². The number of thiophene rings is 1. The number of halogens is 2. The molecule has 8 heteroatoms. The highest BCUT2D eigenvalue weighted by Gasteiger charge is 2.18. The molecule has 0 saturated carbocycles. The Morgan fingerprint density at radius 1 is 1.35 bits per heavy atom. The van der Waals surface area contributed by atoms with Crippen molar-refractivity contribution in [1.82, 2.24) is 9.55 Å². The standard InChI is InChI=1S/C15H10Cl2N2O3S/c1-7-11-13(23-12(7)15(21)22)18-6-19(14(11)20)5-8-2-3-9(16)10(17)4-8/h2-4,6H,5H2,1H3,(H,21,22). The number of aromatic nitrogens is 2. The summed E-state index contributed by atoms with van der Waals surface area (Å²) in [5.41, 5.74) is 0.967. The molecule has 0 amide bonds. The Morgan fingerprint density at radius 3 is 2.74 bits per heavy atom. The van der Waals surface area contributed by atoms with E-state index >= 15 is 0 Å². The number of hydrogen-bond donors (Lipinski definition) is 1. The minimum Gasteiger partial charge on any atom is -0.477 e. The third-order valence-electron chi connectivity index (χ3n) is 3.45. The molecule has 2 heterocycles. The Hall–Kier alpha value is -1.89. The molecule has 0 radical (unpaired) electrons. The van der Waals surface area contributed by atoms with Crippen LogP contribution in [0.3, 0.4) is 0 Å². The first kappa shape index (κ1) is 16.0. The maximum Gasteiger partial charge on any atom is 0.346 e. The smallest absolute Gasteiger partial charge is 0.346 e. The topological polar surface area (TPSA) is 72.2 Å². The molecule has 1 aromatic carbocycles. The van der Waals surface area contributed by atoms with Crippen LogP contribution in [-0.2, 0) is 6.54 Å². The minimum atomic E-state index is -1.05. The zero-order chi connectivity index (χ0) is 16.7. The lowest BCUT2D eigenvalue weighted by atomic mass is 10.2. The second kappa shape index (κ2) is 5.96. The van der Waals surface area contributed by atoms with Gasteiger partial charge in [-0.2, -0.15) is 0 Å². The molecule has 0 aliphatic heterocycles. The predicted octanol–water partition coefficient (Wildman–Crippen LogP) is 3.82. The molecule has 0 unspecified atom stereocenters. The highest BCUT2D eigenvalue weighted by Crippen LogP contribution is 2.27. The molecular weight excluding hydrogens is 359 g/mol. The van der Waals surface area contributed by atoms with Crippen LogP contribution in [0, 0.1) is 6.92 Å². The largest absolute Gasteiger partial charge is 0.477 e. The quantitative estimate of drug-likeness (QED) is 0.762. The Balaban J connectivity index is 2.10. The highest BCUT2D eigenvalue weighted by atomic mass is 35.5. The van der Waals surface area contributed by atoms with Crippen molar-refractivity contribution in [2.24, 2.45) is 0 Å². The fourth-order valence-electron chi connectivity index (χ4n) is 2.31. The SMILES string of the molecule is Cc1c(C(=O)O)sc2ncn(Cc3ccc(Cl)c(Cl)c3)c(=O)c12. The minimum absolute atomic E-state index is 0.136. The van der Waals surface area contributed by atoms with Gasteiger partial charge in [-0.05, 0) is 30.2 Å². The van der Waals surface area contributed by atoms with E-state index in [1.165, 1.54) is 10.9 Å². The van der Waals surface area contributed by atoms with Gasteiger partial charge in [0.15, 0.2) is 0 Å². The van der Waals surface area contributed by atoms with Crippen molar-refractivity contribution in [2.75, 3.05) is 0 Å². The molecule has 0 atom stereocenters. The van der Waals surface area contributed by atoms with Crippen molar-refractivity contribution < 1.29 is 9.90 Å². The van der Waals surface area contributed by atoms with Gasteiger partial charge in [0.2, 0.25) is 0 Å². The molecule has 0 bridgehead atoms. The van der Waals surface area contributed by atoms with E-state index in [2.05, 4.69) is 4.98 Å². The molecule has 5 nitrogen and oxygen atoms in total. The van der Waals surface area contributed by atoms with Crippen molar-refractivity contribution >= 4 is 50.7 Å². The Morgan fingerprint density at radius 2 is 2.09 bits per heavy atom. The van der Waals surface area contributed by atoms with E-state index in [9.17, 15) is 9.59 Å². The van der Waals surface area contributed by atoms with Gasteiger partial charge in [-0.1, -0.05) is 29.3 Å². The number of nitrogens with zero attached hydrogens (tertiary/aromatic N) is 2. The molecule has 0 saturated heterocycles. The van der Waals surface area contributed by atoms with Gasteiger partial charge in [0.1, 0.15) is 9.71 Å². The second-order valence-corrected chi connectivity index (χ2v) is 6.78. The summed E-state index contributed by atoms with van der Waals surface area (Å²) in [4.78, 5) is 28.6. The molecule has 23 heavy (non-hydrogen) atoms. The van der Waals surface area contributed by atoms with E-state index in [1.54, 1.807) is 25.1 Å². The fourth-order valence-corrected chi connectivity index (χ4v) is 3.61. The van der Waals surface area contributed by atoms with E-state index in [0.29, 0.717) is 25.8 Å². The van der Waals surface area contributed by atoms with Gasteiger partial charge in [0.25, 0.3) is 5.56 Å². The van der Waals surface area contributed by atoms with Crippen molar-refractivity contribution in [2.45, 2.75) is 13.5 Å². The molecule has 0 aliphatic rings. The number of benzene rings is 1. The van der Waals surface area contributed by atoms with Crippen LogP contribution in [0.2, 0.25) is 10.0 Å². The number of carboxylic acids is 1. The number of carbonyl (C=O) groups is 1. The zero-order valence-electron chi connectivity index (χ0n) is 11.8. The predicted molar refractivity (Wildman–Crippen MR) is 91.1 cm³/mol. The number of aryl methyl sites for hydroxylation is 1. The van der Waals surface area contributed by atoms with E-state index in [4.69, 9.17) is 28.3 Å². The third kappa shape index (κ3) is 2.85. The van der Waals surface area contributed by atoms with Gasteiger partial charge in [0.05, 0.1) is 28.3 Å². The Kier molecular flexibility index (Phi) is 4.14. The molecule has 2 aromatic heterocycles. The molecular formula is C15H10Cl2N2O3S. The zero-order valence-corrected chi connectivity index (χ0v) is 14.2.